The minimum Gasteiger partial charge on any atom is -0.494 e. The summed E-state index contributed by atoms with van der Waals surface area (Å²) < 4.78 is 6.84. The zero-order valence-corrected chi connectivity index (χ0v) is 19.5. The lowest BCUT2D eigenvalue weighted by molar-refractivity contribution is 0.340. The van der Waals surface area contributed by atoms with Gasteiger partial charge in [0.25, 0.3) is 0 Å². The molecule has 150 valence electrons. The molecule has 2 unspecified atom stereocenters. The van der Waals surface area contributed by atoms with Crippen LogP contribution in [-0.4, -0.2) is 21.7 Å². The average molecular weight is 518 g/mol. The molecule has 0 spiro atoms. The maximum absolute atomic E-state index is 5.80. The largest absolute Gasteiger partial charge is 0.494 e. The Morgan fingerprint density at radius 2 is 1.90 bits per heavy atom. The Kier molecular flexibility index (Phi) is 5.78. The Labute approximate surface area is 190 Å². The van der Waals surface area contributed by atoms with Gasteiger partial charge < -0.3 is 19.9 Å². The Hall–Kier alpha value is -2.13. The first kappa shape index (κ1) is 20.2. The van der Waals surface area contributed by atoms with E-state index in [0.29, 0.717) is 11.7 Å². The molecule has 2 aromatic heterocycles. The zero-order valence-electron chi connectivity index (χ0n) is 16.6. The number of rotatable bonds is 5. The predicted octanol–water partition coefficient (Wildman–Crippen LogP) is 5.21. The Bertz CT molecular complexity index is 1020. The molecule has 1 aliphatic heterocycles. The van der Waals surface area contributed by atoms with Crippen molar-refractivity contribution in [3.05, 3.63) is 74.9 Å². The van der Waals surface area contributed by atoms with Crippen LogP contribution in [0.15, 0.2) is 48.7 Å². The number of benzene rings is 1. The monoisotopic (exact) mass is 518 g/mol. The van der Waals surface area contributed by atoms with E-state index >= 15 is 0 Å². The first-order valence-electron chi connectivity index (χ1n) is 9.59. The average Bonchev–Trinajstić information content (AvgIpc) is 3.18. The van der Waals surface area contributed by atoms with Gasteiger partial charge in [-0.1, -0.05) is 6.07 Å². The molecule has 1 aromatic carbocycles. The van der Waals surface area contributed by atoms with Crippen molar-refractivity contribution in [1.82, 2.24) is 15.3 Å². The van der Waals surface area contributed by atoms with E-state index in [2.05, 4.69) is 74.8 Å². The number of hydrogen-bond acceptors (Lipinski definition) is 3. The lowest BCUT2D eigenvalue weighted by Crippen LogP contribution is -2.29. The van der Waals surface area contributed by atoms with Crippen LogP contribution in [0.1, 0.15) is 41.7 Å². The minimum atomic E-state index is -0.0438. The molecule has 3 aromatic rings. The van der Waals surface area contributed by atoms with Crippen LogP contribution in [0, 0.1) is 17.4 Å². The van der Waals surface area contributed by atoms with Crippen LogP contribution in [0.2, 0.25) is 0 Å². The van der Waals surface area contributed by atoms with Crippen LogP contribution in [0.5, 0.6) is 5.75 Å². The fourth-order valence-electron chi connectivity index (χ4n) is 3.92. The van der Waals surface area contributed by atoms with Crippen molar-refractivity contribution < 1.29 is 4.74 Å². The van der Waals surface area contributed by atoms with E-state index < -0.39 is 0 Å². The van der Waals surface area contributed by atoms with E-state index in [4.69, 9.17) is 17.0 Å². The highest BCUT2D eigenvalue weighted by Gasteiger charge is 2.42. The number of H-pyrrole nitrogens is 1. The third-order valence-corrected chi connectivity index (χ3v) is 6.87. The second-order valence-corrected chi connectivity index (χ2v) is 8.49. The molecule has 0 amide bonds. The summed E-state index contributed by atoms with van der Waals surface area (Å²) in [5.74, 6) is 0.857. The van der Waals surface area contributed by atoms with Crippen molar-refractivity contribution in [2.45, 2.75) is 32.9 Å². The summed E-state index contributed by atoms with van der Waals surface area (Å²) in [5, 5.41) is 4.22. The number of nitrogens with zero attached hydrogens (tertiary/aromatic N) is 2. The first-order valence-corrected chi connectivity index (χ1v) is 11.1. The van der Waals surface area contributed by atoms with Crippen LogP contribution in [-0.2, 0) is 0 Å². The fraction of sp³-hybridized carbons (Fsp3) is 0.273. The normalized spacial score (nSPS) is 18.8. The second-order valence-electron chi connectivity index (χ2n) is 7.03. The molecular weight excluding hydrogens is 495 g/mol. The van der Waals surface area contributed by atoms with Crippen molar-refractivity contribution in [1.29, 1.82) is 0 Å². The van der Waals surface area contributed by atoms with Gasteiger partial charge >= 0.3 is 0 Å². The molecule has 1 saturated heterocycles. The van der Waals surface area contributed by atoms with E-state index in [1.54, 1.807) is 0 Å². The lowest BCUT2D eigenvalue weighted by Gasteiger charge is -2.28. The van der Waals surface area contributed by atoms with Gasteiger partial charge in [0.1, 0.15) is 5.75 Å². The molecule has 3 heterocycles. The summed E-state index contributed by atoms with van der Waals surface area (Å²) in [6.45, 7) is 6.86. The van der Waals surface area contributed by atoms with Crippen LogP contribution >= 0.6 is 34.8 Å². The van der Waals surface area contributed by atoms with E-state index in [1.807, 2.05) is 37.4 Å². The Morgan fingerprint density at radius 3 is 2.48 bits per heavy atom. The van der Waals surface area contributed by atoms with Crippen LogP contribution < -0.4 is 15.0 Å². The molecule has 5 nitrogen and oxygen atoms in total. The third-order valence-electron chi connectivity index (χ3n) is 5.16. The van der Waals surface area contributed by atoms with E-state index in [0.717, 1.165) is 22.8 Å². The van der Waals surface area contributed by atoms with Gasteiger partial charge in [0.15, 0.2) is 5.11 Å². The van der Waals surface area contributed by atoms with Gasteiger partial charge in [-0.3, -0.25) is 4.98 Å². The number of hydrogen-bond donors (Lipinski definition) is 2. The molecule has 0 radical (unpaired) electrons. The highest BCUT2D eigenvalue weighted by atomic mass is 127. The van der Waals surface area contributed by atoms with E-state index in [9.17, 15) is 0 Å². The van der Waals surface area contributed by atoms with Crippen molar-refractivity contribution in [3.63, 3.8) is 0 Å². The van der Waals surface area contributed by atoms with Gasteiger partial charge in [0, 0.05) is 32.4 Å². The minimum absolute atomic E-state index is 0.00723. The second kappa shape index (κ2) is 8.31. The zero-order chi connectivity index (χ0) is 20.5. The maximum atomic E-state index is 5.80. The topological polar surface area (TPSA) is 53.2 Å². The molecule has 2 atom stereocenters. The Balaban J connectivity index is 1.83. The summed E-state index contributed by atoms with van der Waals surface area (Å²) >= 11 is 8.23. The van der Waals surface area contributed by atoms with Gasteiger partial charge in [-0.25, -0.2) is 0 Å². The summed E-state index contributed by atoms with van der Waals surface area (Å²) in [7, 11) is 0. The molecule has 29 heavy (non-hydrogen) atoms. The summed E-state index contributed by atoms with van der Waals surface area (Å²) in [6, 6.07) is 14.1. The molecule has 0 saturated carbocycles. The lowest BCUT2D eigenvalue weighted by atomic mass is 9.96. The number of halogens is 1. The third kappa shape index (κ3) is 3.73. The maximum Gasteiger partial charge on any atom is 0.174 e. The molecule has 0 bridgehead atoms. The molecule has 7 heteroatoms. The Morgan fingerprint density at radius 1 is 1.14 bits per heavy atom. The standard InChI is InChI=1S/C22H23IN4OS/c1-4-28-16-10-8-15(9-11-16)27-21(18-13(2)25-14(3)19(18)23)20(26-22(27)29)17-7-5-6-12-24-17/h5-12,20-21,25H,4H2,1-3H3,(H,26,29). The molecule has 2 N–H and O–H groups in total. The van der Waals surface area contributed by atoms with Crippen LogP contribution in [0.25, 0.3) is 0 Å². The van der Waals surface area contributed by atoms with E-state index in [1.165, 1.54) is 14.8 Å². The van der Waals surface area contributed by atoms with Crippen molar-refractivity contribution >= 4 is 45.6 Å². The number of pyridine rings is 1. The quantitative estimate of drug-likeness (QED) is 0.359. The summed E-state index contributed by atoms with van der Waals surface area (Å²) in [6.07, 6.45) is 1.83. The highest BCUT2D eigenvalue weighted by Crippen LogP contribution is 2.44. The number of aryl methyl sites for hydroxylation is 2. The summed E-state index contributed by atoms with van der Waals surface area (Å²) in [5.41, 5.74) is 5.58. The predicted molar refractivity (Wildman–Crippen MR) is 129 cm³/mol. The van der Waals surface area contributed by atoms with Gasteiger partial charge in [-0.05, 0) is 92.0 Å². The van der Waals surface area contributed by atoms with Gasteiger partial charge in [0.05, 0.1) is 24.4 Å². The van der Waals surface area contributed by atoms with E-state index in [-0.39, 0.29) is 12.1 Å². The number of ether oxygens (including phenoxy) is 1. The first-order chi connectivity index (χ1) is 14.0. The molecular formula is C22H23IN4OS. The highest BCUT2D eigenvalue weighted by molar-refractivity contribution is 14.1. The summed E-state index contributed by atoms with van der Waals surface area (Å²) in [4.78, 5) is 10.3. The number of thiocarbonyl (C=S) groups is 1. The fourth-order valence-corrected chi connectivity index (χ4v) is 5.12. The van der Waals surface area contributed by atoms with Gasteiger partial charge in [-0.15, -0.1) is 0 Å². The van der Waals surface area contributed by atoms with Crippen molar-refractivity contribution in [2.75, 3.05) is 11.5 Å². The van der Waals surface area contributed by atoms with Crippen molar-refractivity contribution in [2.24, 2.45) is 0 Å². The molecule has 4 rings (SSSR count). The van der Waals surface area contributed by atoms with Gasteiger partial charge in [0.2, 0.25) is 0 Å². The SMILES string of the molecule is CCOc1ccc(N2C(=S)NC(c3ccccn3)C2c2c(C)[nH]c(C)c2I)cc1. The molecule has 1 fully saturated rings. The van der Waals surface area contributed by atoms with Crippen LogP contribution in [0.4, 0.5) is 5.69 Å². The number of nitrogens with one attached hydrogen (secondary N) is 2. The molecule has 1 aliphatic rings. The number of anilines is 1. The smallest absolute Gasteiger partial charge is 0.174 e. The van der Waals surface area contributed by atoms with Gasteiger partial charge in [-0.2, -0.15) is 0 Å². The number of aromatic nitrogens is 2. The van der Waals surface area contributed by atoms with Crippen molar-refractivity contribution in [3.8, 4) is 5.75 Å². The number of aromatic amines is 1. The van der Waals surface area contributed by atoms with Crippen LogP contribution in [0.3, 0.4) is 0 Å². The molecule has 0 aliphatic carbocycles.